The number of hydrogen-bond acceptors (Lipinski definition) is 6. The molecule has 0 aliphatic rings. The summed E-state index contributed by atoms with van der Waals surface area (Å²) >= 11 is 12.6. The molecule has 8 heteroatoms. The van der Waals surface area contributed by atoms with Crippen molar-refractivity contribution in [2.45, 2.75) is 26.7 Å². The van der Waals surface area contributed by atoms with E-state index in [1.54, 1.807) is 18.2 Å². The highest BCUT2D eigenvalue weighted by molar-refractivity contribution is 6.32. The number of aryl methyl sites for hydroxylation is 3. The molecule has 4 aromatic rings. The highest BCUT2D eigenvalue weighted by Crippen LogP contribution is 2.36. The second kappa shape index (κ2) is 10.2. The SMILES string of the molecule is Cc1ccc(C)c(Nc2ncnc(Nc3cc(Cl)c(C(C#N)c4ccc(Cl)cc4)cc3C)c2N)c1. The average Bonchev–Trinajstić information content (AvgIpc) is 2.83. The second-order valence-corrected chi connectivity index (χ2v) is 9.20. The predicted molar refractivity (Wildman–Crippen MR) is 144 cm³/mol. The summed E-state index contributed by atoms with van der Waals surface area (Å²) in [5.74, 6) is 0.433. The van der Waals surface area contributed by atoms with E-state index in [-0.39, 0.29) is 0 Å². The molecule has 0 radical (unpaired) electrons. The Balaban J connectivity index is 1.63. The van der Waals surface area contributed by atoms with Gasteiger partial charge in [-0.3, -0.25) is 0 Å². The van der Waals surface area contributed by atoms with Gasteiger partial charge in [0.25, 0.3) is 0 Å². The fourth-order valence-corrected chi connectivity index (χ4v) is 4.16. The van der Waals surface area contributed by atoms with Crippen LogP contribution >= 0.6 is 23.2 Å². The van der Waals surface area contributed by atoms with Gasteiger partial charge in [0.05, 0.1) is 12.0 Å². The number of anilines is 5. The van der Waals surface area contributed by atoms with Crippen LogP contribution in [0.2, 0.25) is 10.0 Å². The molecule has 4 N–H and O–H groups in total. The Labute approximate surface area is 214 Å². The lowest BCUT2D eigenvalue weighted by atomic mass is 9.91. The zero-order chi connectivity index (χ0) is 25.1. The fourth-order valence-electron chi connectivity index (χ4n) is 3.76. The first-order chi connectivity index (χ1) is 16.8. The van der Waals surface area contributed by atoms with Crippen molar-refractivity contribution in [2.75, 3.05) is 16.4 Å². The van der Waals surface area contributed by atoms with Crippen molar-refractivity contribution < 1.29 is 0 Å². The second-order valence-electron chi connectivity index (χ2n) is 8.36. The topological polar surface area (TPSA) is 99.6 Å². The van der Waals surface area contributed by atoms with Crippen molar-refractivity contribution in [1.82, 2.24) is 9.97 Å². The van der Waals surface area contributed by atoms with Crippen LogP contribution in [-0.4, -0.2) is 9.97 Å². The first-order valence-corrected chi connectivity index (χ1v) is 11.7. The fraction of sp³-hybridized carbons (Fsp3) is 0.148. The molecule has 0 spiro atoms. The Bertz CT molecular complexity index is 1430. The number of rotatable bonds is 6. The molecule has 4 rings (SSSR count). The molecule has 0 aliphatic carbocycles. The van der Waals surface area contributed by atoms with Gasteiger partial charge in [0.1, 0.15) is 12.0 Å². The molecule has 0 aliphatic heterocycles. The molecule has 0 amide bonds. The van der Waals surface area contributed by atoms with Gasteiger partial charge in [0.2, 0.25) is 0 Å². The lowest BCUT2D eigenvalue weighted by molar-refractivity contribution is 1.03. The number of aromatic nitrogens is 2. The van der Waals surface area contributed by atoms with Crippen LogP contribution in [0.25, 0.3) is 0 Å². The van der Waals surface area contributed by atoms with Crippen LogP contribution in [0.4, 0.5) is 28.7 Å². The van der Waals surface area contributed by atoms with Crippen molar-refractivity contribution >= 4 is 51.9 Å². The zero-order valence-corrected chi connectivity index (χ0v) is 21.0. The smallest absolute Gasteiger partial charge is 0.159 e. The van der Waals surface area contributed by atoms with Gasteiger partial charge in [-0.15, -0.1) is 0 Å². The highest BCUT2D eigenvalue weighted by atomic mass is 35.5. The lowest BCUT2D eigenvalue weighted by Gasteiger charge is -2.18. The molecule has 0 bridgehead atoms. The Morgan fingerprint density at radius 2 is 1.49 bits per heavy atom. The van der Waals surface area contributed by atoms with Crippen LogP contribution in [0, 0.1) is 32.1 Å². The highest BCUT2D eigenvalue weighted by Gasteiger charge is 2.19. The van der Waals surface area contributed by atoms with E-state index in [0.717, 1.165) is 33.6 Å². The molecule has 0 fully saturated rings. The van der Waals surface area contributed by atoms with Crippen molar-refractivity contribution in [2.24, 2.45) is 0 Å². The minimum absolute atomic E-state index is 0.379. The summed E-state index contributed by atoms with van der Waals surface area (Å²) in [6, 6.07) is 19.4. The largest absolute Gasteiger partial charge is 0.393 e. The maximum Gasteiger partial charge on any atom is 0.159 e. The van der Waals surface area contributed by atoms with Crippen LogP contribution in [0.3, 0.4) is 0 Å². The van der Waals surface area contributed by atoms with Gasteiger partial charge in [-0.2, -0.15) is 5.26 Å². The number of hydrogen-bond donors (Lipinski definition) is 3. The van der Waals surface area contributed by atoms with Gasteiger partial charge in [0, 0.05) is 21.4 Å². The number of nitrogens with two attached hydrogens (primary N) is 1. The van der Waals surface area contributed by atoms with Crippen LogP contribution in [0.15, 0.2) is 60.9 Å². The minimum Gasteiger partial charge on any atom is -0.393 e. The van der Waals surface area contributed by atoms with Gasteiger partial charge in [-0.25, -0.2) is 9.97 Å². The lowest BCUT2D eigenvalue weighted by Crippen LogP contribution is -2.07. The Morgan fingerprint density at radius 1 is 0.857 bits per heavy atom. The van der Waals surface area contributed by atoms with Crippen molar-refractivity contribution in [3.8, 4) is 6.07 Å². The van der Waals surface area contributed by atoms with E-state index in [1.165, 1.54) is 6.33 Å². The first-order valence-electron chi connectivity index (χ1n) is 10.9. The van der Waals surface area contributed by atoms with E-state index < -0.39 is 5.92 Å². The number of benzene rings is 3. The molecular weight excluding hydrogens is 479 g/mol. The van der Waals surface area contributed by atoms with Gasteiger partial charge >= 0.3 is 0 Å². The van der Waals surface area contributed by atoms with Crippen LogP contribution in [0.5, 0.6) is 0 Å². The minimum atomic E-state index is -0.523. The normalized spacial score (nSPS) is 11.5. The van der Waals surface area contributed by atoms with Crippen LogP contribution in [0.1, 0.15) is 33.7 Å². The number of nitrogens with one attached hydrogen (secondary N) is 2. The monoisotopic (exact) mass is 502 g/mol. The number of nitrogen functional groups attached to an aromatic ring is 1. The molecular formula is C27H24Cl2N6. The maximum atomic E-state index is 9.85. The van der Waals surface area contributed by atoms with Crippen molar-refractivity contribution in [3.05, 3.63) is 98.8 Å². The summed E-state index contributed by atoms with van der Waals surface area (Å²) in [5, 5.41) is 17.5. The third-order valence-corrected chi connectivity index (χ3v) is 6.35. The predicted octanol–water partition coefficient (Wildman–Crippen LogP) is 7.43. The number of nitriles is 1. The average molecular weight is 503 g/mol. The summed E-state index contributed by atoms with van der Waals surface area (Å²) in [7, 11) is 0. The van der Waals surface area contributed by atoms with E-state index in [2.05, 4.69) is 32.7 Å². The number of halogens is 2. The molecule has 1 heterocycles. The van der Waals surface area contributed by atoms with Crippen molar-refractivity contribution in [3.63, 3.8) is 0 Å². The van der Waals surface area contributed by atoms with E-state index in [9.17, 15) is 5.26 Å². The molecule has 0 saturated heterocycles. The standard InChI is InChI=1S/C27H24Cl2N6/c1-15-4-5-16(2)23(10-15)34-26-25(31)27(33-14-32-26)35-24-12-22(29)20(11-17(24)3)21(13-30)18-6-8-19(28)9-7-18/h4-12,14,21H,31H2,1-3H3,(H2,32,33,34,35). The summed E-state index contributed by atoms with van der Waals surface area (Å²) in [5.41, 5.74) is 13.1. The summed E-state index contributed by atoms with van der Waals surface area (Å²) < 4.78 is 0. The van der Waals surface area contributed by atoms with Gasteiger partial charge in [-0.1, -0.05) is 53.5 Å². The van der Waals surface area contributed by atoms with Crippen molar-refractivity contribution in [1.29, 1.82) is 5.26 Å². The molecule has 6 nitrogen and oxygen atoms in total. The molecule has 0 saturated carbocycles. The molecule has 3 aromatic carbocycles. The number of nitrogens with zero attached hydrogens (tertiary/aromatic N) is 3. The van der Waals surface area contributed by atoms with Gasteiger partial charge in [0.15, 0.2) is 11.6 Å². The summed E-state index contributed by atoms with van der Waals surface area (Å²) in [6.07, 6.45) is 1.45. The van der Waals surface area contributed by atoms with Crippen LogP contribution < -0.4 is 16.4 Å². The molecule has 176 valence electrons. The van der Waals surface area contributed by atoms with E-state index >= 15 is 0 Å². The summed E-state index contributed by atoms with van der Waals surface area (Å²) in [6.45, 7) is 5.98. The molecule has 35 heavy (non-hydrogen) atoms. The van der Waals surface area contributed by atoms with Gasteiger partial charge in [-0.05, 0) is 72.9 Å². The Morgan fingerprint density at radius 3 is 2.11 bits per heavy atom. The Hall–Kier alpha value is -3.79. The molecule has 1 unspecified atom stereocenters. The van der Waals surface area contributed by atoms with E-state index in [1.807, 2.05) is 51.1 Å². The third kappa shape index (κ3) is 5.32. The Kier molecular flexibility index (Phi) is 7.11. The van der Waals surface area contributed by atoms with E-state index in [4.69, 9.17) is 28.9 Å². The quantitative estimate of drug-likeness (QED) is 0.253. The van der Waals surface area contributed by atoms with Crippen LogP contribution in [-0.2, 0) is 0 Å². The first kappa shape index (κ1) is 24.3. The van der Waals surface area contributed by atoms with Gasteiger partial charge < -0.3 is 16.4 Å². The summed E-state index contributed by atoms with van der Waals surface area (Å²) in [4.78, 5) is 8.64. The molecule has 1 aromatic heterocycles. The van der Waals surface area contributed by atoms with E-state index in [0.29, 0.717) is 32.9 Å². The molecule has 1 atom stereocenters. The maximum absolute atomic E-state index is 9.85. The zero-order valence-electron chi connectivity index (χ0n) is 19.5. The third-order valence-electron chi connectivity index (χ3n) is 5.77.